The molecule has 0 aliphatic rings. The number of hydrogen-bond acceptors (Lipinski definition) is 3. The molecule has 1 N–H and O–H groups in total. The first-order valence-corrected chi connectivity index (χ1v) is 9.97. The van der Waals surface area contributed by atoms with E-state index >= 15 is 0 Å². The minimum Gasteiger partial charge on any atom is -0.484 e. The summed E-state index contributed by atoms with van der Waals surface area (Å²) in [6.45, 7) is 1.87. The Morgan fingerprint density at radius 2 is 1.50 bits per heavy atom. The van der Waals surface area contributed by atoms with Gasteiger partial charge >= 0.3 is 0 Å². The Labute approximate surface area is 177 Å². The molecule has 154 valence electrons. The maximum atomic E-state index is 12.3. The summed E-state index contributed by atoms with van der Waals surface area (Å²) in [5, 5.41) is 2.87. The minimum absolute atomic E-state index is 0.0345. The predicted molar refractivity (Wildman–Crippen MR) is 119 cm³/mol. The highest BCUT2D eigenvalue weighted by atomic mass is 16.5. The van der Waals surface area contributed by atoms with Gasteiger partial charge in [-0.1, -0.05) is 67.6 Å². The molecule has 5 heteroatoms. The molecule has 0 atom stereocenters. The molecule has 0 unspecified atom stereocenters. The molecule has 3 aromatic rings. The van der Waals surface area contributed by atoms with Gasteiger partial charge in [0.1, 0.15) is 5.75 Å². The van der Waals surface area contributed by atoms with E-state index in [2.05, 4.69) is 5.32 Å². The number of hydrogen-bond donors (Lipinski definition) is 1. The quantitative estimate of drug-likeness (QED) is 0.608. The van der Waals surface area contributed by atoms with Crippen LogP contribution in [0.25, 0.3) is 11.1 Å². The van der Waals surface area contributed by atoms with Gasteiger partial charge in [-0.15, -0.1) is 0 Å². The van der Waals surface area contributed by atoms with Crippen molar-refractivity contribution in [2.75, 3.05) is 25.5 Å². The predicted octanol–water partition coefficient (Wildman–Crippen LogP) is 4.39. The summed E-state index contributed by atoms with van der Waals surface area (Å²) in [6, 6.07) is 25.3. The fourth-order valence-electron chi connectivity index (χ4n) is 3.07. The van der Waals surface area contributed by atoms with Crippen molar-refractivity contribution in [1.29, 1.82) is 0 Å². The lowest BCUT2D eigenvalue weighted by molar-refractivity contribution is -0.135. The van der Waals surface area contributed by atoms with Gasteiger partial charge < -0.3 is 15.0 Å². The van der Waals surface area contributed by atoms with Gasteiger partial charge in [0.25, 0.3) is 5.91 Å². The minimum atomic E-state index is -0.263. The van der Waals surface area contributed by atoms with E-state index in [-0.39, 0.29) is 25.0 Å². The molecule has 5 nitrogen and oxygen atoms in total. The van der Waals surface area contributed by atoms with E-state index < -0.39 is 0 Å². The second-order valence-electron chi connectivity index (χ2n) is 6.99. The maximum absolute atomic E-state index is 12.3. The van der Waals surface area contributed by atoms with Crippen LogP contribution in [0.5, 0.6) is 5.75 Å². The van der Waals surface area contributed by atoms with E-state index in [1.807, 2.05) is 85.8 Å². The molecule has 0 saturated carbocycles. The lowest BCUT2D eigenvalue weighted by atomic mass is 10.1. The Morgan fingerprint density at radius 3 is 2.20 bits per heavy atom. The molecule has 3 rings (SSSR count). The SMILES string of the molecule is CCc1ccccc1NC(=O)CN(C)C(=O)COc1ccc(-c2ccccc2)cc1. The van der Waals surface area contributed by atoms with Crippen LogP contribution in [0.15, 0.2) is 78.9 Å². The molecule has 0 spiro atoms. The molecule has 0 radical (unpaired) electrons. The van der Waals surface area contributed by atoms with Crippen molar-refractivity contribution in [2.24, 2.45) is 0 Å². The summed E-state index contributed by atoms with van der Waals surface area (Å²) < 4.78 is 5.59. The van der Waals surface area contributed by atoms with Crippen molar-refractivity contribution in [3.63, 3.8) is 0 Å². The van der Waals surface area contributed by atoms with Crippen molar-refractivity contribution in [3.8, 4) is 16.9 Å². The van der Waals surface area contributed by atoms with Gasteiger partial charge in [0.2, 0.25) is 5.91 Å². The van der Waals surface area contributed by atoms with E-state index in [4.69, 9.17) is 4.74 Å². The lowest BCUT2D eigenvalue weighted by Gasteiger charge is -2.18. The molecule has 0 fully saturated rings. The van der Waals surface area contributed by atoms with E-state index in [1.165, 1.54) is 4.90 Å². The smallest absolute Gasteiger partial charge is 0.260 e. The molecule has 0 saturated heterocycles. The molecular weight excluding hydrogens is 376 g/mol. The van der Waals surface area contributed by atoms with Crippen molar-refractivity contribution >= 4 is 17.5 Å². The van der Waals surface area contributed by atoms with Crippen LogP contribution >= 0.6 is 0 Å². The fraction of sp³-hybridized carbons (Fsp3) is 0.200. The number of carbonyl (C=O) groups is 2. The van der Waals surface area contributed by atoms with Crippen molar-refractivity contribution in [1.82, 2.24) is 4.90 Å². The second-order valence-corrected chi connectivity index (χ2v) is 6.99. The molecule has 0 heterocycles. The van der Waals surface area contributed by atoms with E-state index in [1.54, 1.807) is 7.05 Å². The average molecular weight is 402 g/mol. The largest absolute Gasteiger partial charge is 0.484 e. The van der Waals surface area contributed by atoms with Crippen molar-refractivity contribution < 1.29 is 14.3 Å². The van der Waals surface area contributed by atoms with Gasteiger partial charge in [-0.25, -0.2) is 0 Å². The van der Waals surface area contributed by atoms with Crippen molar-refractivity contribution in [2.45, 2.75) is 13.3 Å². The standard InChI is InChI=1S/C25H26N2O3/c1-3-19-9-7-8-12-23(19)26-24(28)17-27(2)25(29)18-30-22-15-13-21(14-16-22)20-10-5-4-6-11-20/h4-16H,3,17-18H2,1-2H3,(H,26,28). The summed E-state index contributed by atoms with van der Waals surface area (Å²) in [5.74, 6) is 0.109. The van der Waals surface area contributed by atoms with E-state index in [9.17, 15) is 9.59 Å². The number of benzene rings is 3. The highest BCUT2D eigenvalue weighted by Gasteiger charge is 2.14. The molecule has 0 bridgehead atoms. The topological polar surface area (TPSA) is 58.6 Å². The Hall–Kier alpha value is -3.60. The Balaban J connectivity index is 1.49. The number of likely N-dealkylation sites (N-methyl/N-ethyl adjacent to an activating group) is 1. The number of para-hydroxylation sites is 1. The monoisotopic (exact) mass is 402 g/mol. The van der Waals surface area contributed by atoms with Crippen LogP contribution in [-0.2, 0) is 16.0 Å². The normalized spacial score (nSPS) is 10.3. The van der Waals surface area contributed by atoms with Crippen LogP contribution in [0.1, 0.15) is 12.5 Å². The first kappa shape index (κ1) is 21.1. The number of nitrogens with zero attached hydrogens (tertiary/aromatic N) is 1. The van der Waals surface area contributed by atoms with Gasteiger partial charge in [0.05, 0.1) is 6.54 Å². The number of amides is 2. The highest BCUT2D eigenvalue weighted by Crippen LogP contribution is 2.22. The summed E-state index contributed by atoms with van der Waals surface area (Å²) in [5.41, 5.74) is 4.04. The zero-order valence-corrected chi connectivity index (χ0v) is 17.3. The van der Waals surface area contributed by atoms with Crippen LogP contribution in [0, 0.1) is 0 Å². The first-order valence-electron chi connectivity index (χ1n) is 9.97. The van der Waals surface area contributed by atoms with Crippen LogP contribution in [-0.4, -0.2) is 36.9 Å². The number of nitrogens with one attached hydrogen (secondary N) is 1. The van der Waals surface area contributed by atoms with Gasteiger partial charge in [-0.2, -0.15) is 0 Å². The second kappa shape index (κ2) is 10.3. The summed E-state index contributed by atoms with van der Waals surface area (Å²) in [6.07, 6.45) is 0.822. The molecule has 0 aliphatic heterocycles. The van der Waals surface area contributed by atoms with E-state index in [0.717, 1.165) is 28.8 Å². The zero-order valence-electron chi connectivity index (χ0n) is 17.3. The summed E-state index contributed by atoms with van der Waals surface area (Å²) >= 11 is 0. The summed E-state index contributed by atoms with van der Waals surface area (Å²) in [7, 11) is 1.59. The van der Waals surface area contributed by atoms with Crippen molar-refractivity contribution in [3.05, 3.63) is 84.4 Å². The van der Waals surface area contributed by atoms with E-state index in [0.29, 0.717) is 5.75 Å². The summed E-state index contributed by atoms with van der Waals surface area (Å²) in [4.78, 5) is 26.0. The zero-order chi connectivity index (χ0) is 21.3. The number of carbonyl (C=O) groups excluding carboxylic acids is 2. The van der Waals surface area contributed by atoms with Crippen LogP contribution < -0.4 is 10.1 Å². The first-order chi connectivity index (χ1) is 14.6. The molecule has 30 heavy (non-hydrogen) atoms. The third kappa shape index (κ3) is 5.70. The Bertz CT molecular complexity index is 985. The molecule has 3 aromatic carbocycles. The number of rotatable bonds is 8. The molecule has 2 amide bonds. The van der Waals surface area contributed by atoms with Gasteiger partial charge in [0.15, 0.2) is 6.61 Å². The maximum Gasteiger partial charge on any atom is 0.260 e. The van der Waals surface area contributed by atoms with Crippen LogP contribution in [0.4, 0.5) is 5.69 Å². The number of ether oxygens (including phenoxy) is 1. The van der Waals surface area contributed by atoms with Gasteiger partial charge in [0, 0.05) is 12.7 Å². The average Bonchev–Trinajstić information content (AvgIpc) is 2.78. The number of anilines is 1. The highest BCUT2D eigenvalue weighted by molar-refractivity contribution is 5.95. The van der Waals surface area contributed by atoms with Crippen LogP contribution in [0.3, 0.4) is 0 Å². The Kier molecular flexibility index (Phi) is 7.22. The number of aryl methyl sites for hydroxylation is 1. The Morgan fingerprint density at radius 1 is 0.867 bits per heavy atom. The fourth-order valence-corrected chi connectivity index (χ4v) is 3.07. The third-order valence-electron chi connectivity index (χ3n) is 4.80. The molecular formula is C25H26N2O3. The molecule has 0 aromatic heterocycles. The van der Waals surface area contributed by atoms with Crippen LogP contribution in [0.2, 0.25) is 0 Å². The van der Waals surface area contributed by atoms with Gasteiger partial charge in [-0.3, -0.25) is 9.59 Å². The third-order valence-corrected chi connectivity index (χ3v) is 4.80. The van der Waals surface area contributed by atoms with Gasteiger partial charge in [-0.05, 0) is 41.3 Å². The lowest BCUT2D eigenvalue weighted by Crippen LogP contribution is -2.37. The molecule has 0 aliphatic carbocycles.